The molecule has 0 fully saturated rings. The van der Waals surface area contributed by atoms with Crippen molar-refractivity contribution in [2.75, 3.05) is 18.0 Å². The van der Waals surface area contributed by atoms with Crippen LogP contribution in [0.3, 0.4) is 0 Å². The van der Waals surface area contributed by atoms with Crippen LogP contribution in [-0.4, -0.2) is 30.7 Å². The van der Waals surface area contributed by atoms with E-state index in [2.05, 4.69) is 5.32 Å². The van der Waals surface area contributed by atoms with Crippen molar-refractivity contribution in [1.82, 2.24) is 5.32 Å². The van der Waals surface area contributed by atoms with Crippen LogP contribution in [0.5, 0.6) is 0 Å². The molecule has 0 aliphatic rings. The van der Waals surface area contributed by atoms with Crippen molar-refractivity contribution in [3.63, 3.8) is 0 Å². The third-order valence-corrected chi connectivity index (χ3v) is 4.17. The third kappa shape index (κ3) is 5.70. The van der Waals surface area contributed by atoms with Gasteiger partial charge in [0, 0.05) is 29.7 Å². The molecular formula is C20H21ClN2O3. The van der Waals surface area contributed by atoms with Gasteiger partial charge < -0.3 is 10.2 Å². The predicted octanol–water partition coefficient (Wildman–Crippen LogP) is 3.25. The maximum atomic E-state index is 12.2. The molecule has 0 unspecified atom stereocenters. The maximum Gasteiger partial charge on any atom is 0.240 e. The molecule has 0 aliphatic heterocycles. The summed E-state index contributed by atoms with van der Waals surface area (Å²) in [5, 5.41) is 3.48. The van der Waals surface area contributed by atoms with Gasteiger partial charge in [-0.3, -0.25) is 14.4 Å². The van der Waals surface area contributed by atoms with Gasteiger partial charge in [-0.25, -0.2) is 0 Å². The van der Waals surface area contributed by atoms with Crippen LogP contribution in [0.1, 0.15) is 29.8 Å². The minimum absolute atomic E-state index is 0.0501. The van der Waals surface area contributed by atoms with E-state index in [9.17, 15) is 14.4 Å². The maximum absolute atomic E-state index is 12.2. The summed E-state index contributed by atoms with van der Waals surface area (Å²) in [7, 11) is 0. The summed E-state index contributed by atoms with van der Waals surface area (Å²) in [4.78, 5) is 36.8. The molecule has 136 valence electrons. The number of anilines is 1. The van der Waals surface area contributed by atoms with E-state index >= 15 is 0 Å². The summed E-state index contributed by atoms with van der Waals surface area (Å²) in [6.45, 7) is 3.27. The molecule has 2 aromatic carbocycles. The average molecular weight is 373 g/mol. The highest BCUT2D eigenvalue weighted by molar-refractivity contribution is 6.30. The third-order valence-electron chi connectivity index (χ3n) is 3.92. The Kier molecular flexibility index (Phi) is 6.92. The number of benzene rings is 2. The lowest BCUT2D eigenvalue weighted by Gasteiger charge is -2.21. The van der Waals surface area contributed by atoms with E-state index in [1.807, 2.05) is 12.1 Å². The normalized spacial score (nSPS) is 10.3. The zero-order chi connectivity index (χ0) is 19.1. The molecule has 6 heteroatoms. The fraction of sp³-hybridized carbons (Fsp3) is 0.250. The van der Waals surface area contributed by atoms with Crippen molar-refractivity contribution < 1.29 is 14.4 Å². The second-order valence-corrected chi connectivity index (χ2v) is 6.37. The van der Waals surface area contributed by atoms with Crippen LogP contribution in [0.15, 0.2) is 48.5 Å². The number of amides is 2. The smallest absolute Gasteiger partial charge is 0.240 e. The number of hydrogen-bond acceptors (Lipinski definition) is 3. The van der Waals surface area contributed by atoms with Crippen molar-refractivity contribution in [2.24, 2.45) is 0 Å². The SMILES string of the molecule is CC(=O)c1ccc(N(CC(=O)NCCc2ccc(Cl)cc2)C(C)=O)cc1. The summed E-state index contributed by atoms with van der Waals surface area (Å²) < 4.78 is 0. The van der Waals surface area contributed by atoms with Crippen molar-refractivity contribution in [3.05, 3.63) is 64.7 Å². The zero-order valence-electron chi connectivity index (χ0n) is 14.8. The van der Waals surface area contributed by atoms with Gasteiger partial charge in [0.05, 0.1) is 0 Å². The lowest BCUT2D eigenvalue weighted by atomic mass is 10.1. The molecule has 0 atom stereocenters. The lowest BCUT2D eigenvalue weighted by Crippen LogP contribution is -2.40. The molecule has 2 amide bonds. The Morgan fingerprint density at radius 3 is 2.12 bits per heavy atom. The number of Topliss-reactive ketones (excluding diaryl/α,β-unsaturated/α-hetero) is 1. The second-order valence-electron chi connectivity index (χ2n) is 5.93. The van der Waals surface area contributed by atoms with E-state index in [1.165, 1.54) is 18.7 Å². The number of nitrogens with zero attached hydrogens (tertiary/aromatic N) is 1. The summed E-state index contributed by atoms with van der Waals surface area (Å²) in [5.74, 6) is -0.538. The van der Waals surface area contributed by atoms with E-state index in [0.29, 0.717) is 29.2 Å². The van der Waals surface area contributed by atoms with E-state index in [-0.39, 0.29) is 24.1 Å². The molecule has 0 aromatic heterocycles. The Morgan fingerprint density at radius 1 is 0.962 bits per heavy atom. The largest absolute Gasteiger partial charge is 0.354 e. The molecule has 0 bridgehead atoms. The van der Waals surface area contributed by atoms with Gasteiger partial charge in [0.25, 0.3) is 0 Å². The van der Waals surface area contributed by atoms with Crippen molar-refractivity contribution in [1.29, 1.82) is 0 Å². The van der Waals surface area contributed by atoms with Gasteiger partial charge in [-0.2, -0.15) is 0 Å². The molecule has 5 nitrogen and oxygen atoms in total. The monoisotopic (exact) mass is 372 g/mol. The highest BCUT2D eigenvalue weighted by atomic mass is 35.5. The highest BCUT2D eigenvalue weighted by Crippen LogP contribution is 2.16. The first-order valence-corrected chi connectivity index (χ1v) is 8.65. The standard InChI is InChI=1S/C20H21ClN2O3/c1-14(24)17-5-9-19(10-6-17)23(15(2)25)13-20(26)22-12-11-16-3-7-18(21)8-4-16/h3-10H,11-13H2,1-2H3,(H,22,26). The van der Waals surface area contributed by atoms with Crippen LogP contribution in [0.4, 0.5) is 5.69 Å². The molecule has 0 aliphatic carbocycles. The van der Waals surface area contributed by atoms with Gasteiger partial charge in [-0.05, 0) is 55.3 Å². The molecular weight excluding hydrogens is 352 g/mol. The van der Waals surface area contributed by atoms with E-state index in [0.717, 1.165) is 5.56 Å². The highest BCUT2D eigenvalue weighted by Gasteiger charge is 2.16. The summed E-state index contributed by atoms with van der Waals surface area (Å²) in [6, 6.07) is 14.1. The number of halogens is 1. The summed E-state index contributed by atoms with van der Waals surface area (Å²) >= 11 is 5.84. The topological polar surface area (TPSA) is 66.5 Å². The molecule has 26 heavy (non-hydrogen) atoms. The van der Waals surface area contributed by atoms with Crippen LogP contribution in [0.2, 0.25) is 5.02 Å². The quantitative estimate of drug-likeness (QED) is 0.758. The second kappa shape index (κ2) is 9.15. The number of rotatable bonds is 7. The van der Waals surface area contributed by atoms with E-state index < -0.39 is 0 Å². The van der Waals surface area contributed by atoms with Gasteiger partial charge in [-0.1, -0.05) is 23.7 Å². The van der Waals surface area contributed by atoms with Crippen LogP contribution < -0.4 is 10.2 Å². The molecule has 0 radical (unpaired) electrons. The fourth-order valence-corrected chi connectivity index (χ4v) is 2.58. The zero-order valence-corrected chi connectivity index (χ0v) is 15.5. The Morgan fingerprint density at radius 2 is 1.58 bits per heavy atom. The minimum atomic E-state index is -0.246. The van der Waals surface area contributed by atoms with Crippen molar-refractivity contribution >= 4 is 34.9 Å². The molecule has 2 rings (SSSR count). The Labute approximate surface area is 158 Å². The average Bonchev–Trinajstić information content (AvgIpc) is 2.61. The predicted molar refractivity (Wildman–Crippen MR) is 103 cm³/mol. The molecule has 0 saturated carbocycles. The van der Waals surface area contributed by atoms with Gasteiger partial charge >= 0.3 is 0 Å². The first-order chi connectivity index (χ1) is 12.4. The number of hydrogen-bond donors (Lipinski definition) is 1. The number of carbonyl (C=O) groups is 3. The van der Waals surface area contributed by atoms with Crippen LogP contribution >= 0.6 is 11.6 Å². The van der Waals surface area contributed by atoms with Crippen LogP contribution in [-0.2, 0) is 16.0 Å². The number of ketones is 1. The Balaban J connectivity index is 1.92. The first kappa shape index (κ1) is 19.7. The summed E-state index contributed by atoms with van der Waals surface area (Å²) in [6.07, 6.45) is 0.677. The molecule has 0 saturated heterocycles. The van der Waals surface area contributed by atoms with Gasteiger partial charge in [0.2, 0.25) is 11.8 Å². The van der Waals surface area contributed by atoms with Crippen molar-refractivity contribution in [3.8, 4) is 0 Å². The Bertz CT molecular complexity index is 786. The van der Waals surface area contributed by atoms with Gasteiger partial charge in [0.1, 0.15) is 6.54 Å². The van der Waals surface area contributed by atoms with Crippen molar-refractivity contribution in [2.45, 2.75) is 20.3 Å². The minimum Gasteiger partial charge on any atom is -0.354 e. The van der Waals surface area contributed by atoms with Crippen LogP contribution in [0, 0.1) is 0 Å². The van der Waals surface area contributed by atoms with E-state index in [1.54, 1.807) is 36.4 Å². The van der Waals surface area contributed by atoms with Gasteiger partial charge in [-0.15, -0.1) is 0 Å². The first-order valence-electron chi connectivity index (χ1n) is 8.27. The molecule has 1 N–H and O–H groups in total. The molecule has 0 heterocycles. The Hall–Kier alpha value is -2.66. The van der Waals surface area contributed by atoms with Gasteiger partial charge in [0.15, 0.2) is 5.78 Å². The number of carbonyl (C=O) groups excluding carboxylic acids is 3. The van der Waals surface area contributed by atoms with Crippen LogP contribution in [0.25, 0.3) is 0 Å². The lowest BCUT2D eigenvalue weighted by molar-refractivity contribution is -0.123. The number of nitrogens with one attached hydrogen (secondary N) is 1. The molecule has 0 spiro atoms. The fourth-order valence-electron chi connectivity index (χ4n) is 2.46. The molecule has 2 aromatic rings. The summed E-state index contributed by atoms with van der Waals surface area (Å²) in [5.41, 5.74) is 2.21. The van der Waals surface area contributed by atoms with E-state index in [4.69, 9.17) is 11.6 Å².